The van der Waals surface area contributed by atoms with Crippen molar-refractivity contribution in [2.45, 2.75) is 13.3 Å². The largest absolute Gasteiger partial charge is 0.491 e. The van der Waals surface area contributed by atoms with Gasteiger partial charge in [0.15, 0.2) is 0 Å². The first-order chi connectivity index (χ1) is 10.2. The van der Waals surface area contributed by atoms with Gasteiger partial charge in [0.05, 0.1) is 29.2 Å². The van der Waals surface area contributed by atoms with Crippen molar-refractivity contribution in [2.75, 3.05) is 17.7 Å². The van der Waals surface area contributed by atoms with Crippen molar-refractivity contribution in [3.8, 4) is 11.8 Å². The molecule has 0 bridgehead atoms. The molecule has 0 amide bonds. The maximum Gasteiger partial charge on any atom is 0.144 e. The molecule has 0 unspecified atom stereocenters. The van der Waals surface area contributed by atoms with Gasteiger partial charge in [-0.3, -0.25) is 0 Å². The van der Waals surface area contributed by atoms with E-state index in [1.807, 2.05) is 37.3 Å². The van der Waals surface area contributed by atoms with Crippen molar-refractivity contribution in [1.82, 2.24) is 0 Å². The molecule has 0 atom stereocenters. The van der Waals surface area contributed by atoms with Crippen molar-refractivity contribution in [3.63, 3.8) is 0 Å². The van der Waals surface area contributed by atoms with Crippen LogP contribution in [0.1, 0.15) is 18.9 Å². The number of hydrogen-bond acceptors (Lipinski definition) is 4. The van der Waals surface area contributed by atoms with Crippen LogP contribution in [-0.2, 0) is 0 Å². The number of rotatable bonds is 5. The number of nitriles is 1. The van der Waals surface area contributed by atoms with Gasteiger partial charge in [0.2, 0.25) is 0 Å². The molecule has 0 radical (unpaired) electrons. The summed E-state index contributed by atoms with van der Waals surface area (Å²) in [4.78, 5) is 0. The summed E-state index contributed by atoms with van der Waals surface area (Å²) >= 11 is 3.40. The highest BCUT2D eigenvalue weighted by atomic mass is 79.9. The third-order valence-corrected chi connectivity index (χ3v) is 3.39. The summed E-state index contributed by atoms with van der Waals surface area (Å²) in [6, 6.07) is 13.1. The average molecular weight is 346 g/mol. The average Bonchev–Trinajstić information content (AvgIpc) is 2.48. The van der Waals surface area contributed by atoms with Gasteiger partial charge in [0.1, 0.15) is 11.8 Å². The molecule has 2 aromatic carbocycles. The molecule has 0 aliphatic rings. The minimum absolute atomic E-state index is 0.537. The minimum atomic E-state index is 0.537. The Morgan fingerprint density at radius 2 is 2.10 bits per heavy atom. The van der Waals surface area contributed by atoms with Gasteiger partial charge < -0.3 is 15.8 Å². The second-order valence-corrected chi connectivity index (χ2v) is 5.41. The fraction of sp³-hybridized carbons (Fsp3) is 0.188. The molecule has 0 saturated carbocycles. The SMILES string of the molecule is CCCOc1cccc(Nc2cc(Br)ccc2C#N)c1N. The summed E-state index contributed by atoms with van der Waals surface area (Å²) in [5, 5.41) is 12.4. The van der Waals surface area contributed by atoms with E-state index in [-0.39, 0.29) is 0 Å². The van der Waals surface area contributed by atoms with Crippen LogP contribution in [-0.4, -0.2) is 6.61 Å². The van der Waals surface area contributed by atoms with E-state index in [1.165, 1.54) is 0 Å². The number of nitrogens with one attached hydrogen (secondary N) is 1. The van der Waals surface area contributed by atoms with E-state index >= 15 is 0 Å². The van der Waals surface area contributed by atoms with E-state index in [0.717, 1.165) is 16.6 Å². The Hall–Kier alpha value is -2.19. The fourth-order valence-electron chi connectivity index (χ4n) is 1.85. The van der Waals surface area contributed by atoms with E-state index in [0.29, 0.717) is 29.3 Å². The molecule has 3 N–H and O–H groups in total. The molecular weight excluding hydrogens is 330 g/mol. The smallest absolute Gasteiger partial charge is 0.144 e. The number of nitrogen functional groups attached to an aromatic ring is 1. The van der Waals surface area contributed by atoms with Crippen LogP contribution in [0.4, 0.5) is 17.1 Å². The van der Waals surface area contributed by atoms with Crippen molar-refractivity contribution in [2.24, 2.45) is 0 Å². The maximum absolute atomic E-state index is 9.17. The molecular formula is C16H16BrN3O. The molecule has 21 heavy (non-hydrogen) atoms. The summed E-state index contributed by atoms with van der Waals surface area (Å²) in [7, 11) is 0. The first-order valence-corrected chi connectivity index (χ1v) is 7.43. The molecule has 0 heterocycles. The summed E-state index contributed by atoms with van der Waals surface area (Å²) in [6.07, 6.45) is 0.918. The zero-order valence-electron chi connectivity index (χ0n) is 11.7. The number of hydrogen-bond donors (Lipinski definition) is 2. The van der Waals surface area contributed by atoms with Gasteiger partial charge in [-0.2, -0.15) is 5.26 Å². The fourth-order valence-corrected chi connectivity index (χ4v) is 2.21. The molecule has 2 rings (SSSR count). The van der Waals surface area contributed by atoms with E-state index in [4.69, 9.17) is 15.7 Å². The Morgan fingerprint density at radius 1 is 1.29 bits per heavy atom. The normalized spacial score (nSPS) is 9.95. The van der Waals surface area contributed by atoms with Crippen LogP contribution < -0.4 is 15.8 Å². The number of nitrogens with two attached hydrogens (primary N) is 1. The number of nitrogens with zero attached hydrogens (tertiary/aromatic N) is 1. The molecule has 108 valence electrons. The highest BCUT2D eigenvalue weighted by Crippen LogP contribution is 2.33. The van der Waals surface area contributed by atoms with Crippen molar-refractivity contribution in [1.29, 1.82) is 5.26 Å². The Balaban J connectivity index is 2.32. The Bertz CT molecular complexity index is 680. The number of ether oxygens (including phenoxy) is 1. The quantitative estimate of drug-likeness (QED) is 0.786. The molecule has 0 saturated heterocycles. The standard InChI is InChI=1S/C16H16BrN3O/c1-2-8-21-15-5-3-4-13(16(15)19)20-14-9-12(17)7-6-11(14)10-18/h3-7,9,20H,2,8,19H2,1H3. The Morgan fingerprint density at radius 3 is 2.81 bits per heavy atom. The Labute approximate surface area is 132 Å². The Kier molecular flexibility index (Phi) is 5.07. The van der Waals surface area contributed by atoms with Crippen LogP contribution in [0.3, 0.4) is 0 Å². The molecule has 4 nitrogen and oxygen atoms in total. The zero-order chi connectivity index (χ0) is 15.2. The van der Waals surface area contributed by atoms with Gasteiger partial charge in [-0.05, 0) is 36.8 Å². The van der Waals surface area contributed by atoms with Crippen LogP contribution in [0.25, 0.3) is 0 Å². The third-order valence-electron chi connectivity index (χ3n) is 2.90. The summed E-state index contributed by atoms with van der Waals surface area (Å²) in [5.74, 6) is 0.648. The molecule has 0 aromatic heterocycles. The van der Waals surface area contributed by atoms with Gasteiger partial charge in [0.25, 0.3) is 0 Å². The number of para-hydroxylation sites is 1. The number of anilines is 3. The minimum Gasteiger partial charge on any atom is -0.491 e. The molecule has 2 aromatic rings. The first kappa shape index (κ1) is 15.2. The van der Waals surface area contributed by atoms with Gasteiger partial charge >= 0.3 is 0 Å². The molecule has 0 spiro atoms. The van der Waals surface area contributed by atoms with Gasteiger partial charge in [-0.15, -0.1) is 0 Å². The van der Waals surface area contributed by atoms with Crippen LogP contribution >= 0.6 is 15.9 Å². The van der Waals surface area contributed by atoms with Crippen molar-refractivity contribution in [3.05, 3.63) is 46.4 Å². The molecule has 0 aliphatic carbocycles. The summed E-state index contributed by atoms with van der Waals surface area (Å²) in [6.45, 7) is 2.66. The van der Waals surface area contributed by atoms with E-state index in [2.05, 4.69) is 27.3 Å². The van der Waals surface area contributed by atoms with Crippen LogP contribution in [0.2, 0.25) is 0 Å². The van der Waals surface area contributed by atoms with E-state index in [9.17, 15) is 0 Å². The lowest BCUT2D eigenvalue weighted by atomic mass is 10.1. The van der Waals surface area contributed by atoms with Crippen LogP contribution in [0.5, 0.6) is 5.75 Å². The monoisotopic (exact) mass is 345 g/mol. The zero-order valence-corrected chi connectivity index (χ0v) is 13.3. The lowest BCUT2D eigenvalue weighted by Crippen LogP contribution is -2.03. The van der Waals surface area contributed by atoms with Crippen LogP contribution in [0, 0.1) is 11.3 Å². The number of halogens is 1. The molecule has 0 aliphatic heterocycles. The predicted molar refractivity (Wildman–Crippen MR) is 88.8 cm³/mol. The summed E-state index contributed by atoms with van der Waals surface area (Å²) in [5.41, 5.74) is 8.63. The van der Waals surface area contributed by atoms with Crippen molar-refractivity contribution < 1.29 is 4.74 Å². The molecule has 0 fully saturated rings. The van der Waals surface area contributed by atoms with E-state index in [1.54, 1.807) is 6.07 Å². The highest BCUT2D eigenvalue weighted by Gasteiger charge is 2.09. The van der Waals surface area contributed by atoms with E-state index < -0.39 is 0 Å². The predicted octanol–water partition coefficient (Wildman–Crippen LogP) is 4.44. The van der Waals surface area contributed by atoms with Crippen molar-refractivity contribution >= 4 is 33.0 Å². The second-order valence-electron chi connectivity index (χ2n) is 4.49. The number of benzene rings is 2. The van der Waals surface area contributed by atoms with Gasteiger partial charge in [0, 0.05) is 4.47 Å². The van der Waals surface area contributed by atoms with Gasteiger partial charge in [-0.1, -0.05) is 28.9 Å². The second kappa shape index (κ2) is 7.00. The highest BCUT2D eigenvalue weighted by molar-refractivity contribution is 9.10. The summed E-state index contributed by atoms with van der Waals surface area (Å²) < 4.78 is 6.50. The lowest BCUT2D eigenvalue weighted by Gasteiger charge is -2.14. The topological polar surface area (TPSA) is 71.1 Å². The lowest BCUT2D eigenvalue weighted by molar-refractivity contribution is 0.319. The van der Waals surface area contributed by atoms with Crippen LogP contribution in [0.15, 0.2) is 40.9 Å². The van der Waals surface area contributed by atoms with Gasteiger partial charge in [-0.25, -0.2) is 0 Å². The molecule has 5 heteroatoms. The third kappa shape index (κ3) is 3.67. The maximum atomic E-state index is 9.17. The first-order valence-electron chi connectivity index (χ1n) is 6.63.